The second-order valence-corrected chi connectivity index (χ2v) is 10.1. The van der Waals surface area contributed by atoms with Gasteiger partial charge in [0.2, 0.25) is 29.5 Å². The van der Waals surface area contributed by atoms with Gasteiger partial charge in [-0.2, -0.15) is 0 Å². The molecule has 0 radical (unpaired) electrons. The van der Waals surface area contributed by atoms with Crippen LogP contribution in [0.4, 0.5) is 0 Å². The van der Waals surface area contributed by atoms with Crippen molar-refractivity contribution >= 4 is 46.4 Å². The topological polar surface area (TPSA) is 253 Å². The third kappa shape index (κ3) is 9.67. The maximum atomic E-state index is 13.6. The van der Waals surface area contributed by atoms with Gasteiger partial charge in [0.1, 0.15) is 18.1 Å². The van der Waals surface area contributed by atoms with Crippen LogP contribution in [0.15, 0.2) is 60.8 Å². The van der Waals surface area contributed by atoms with Crippen LogP contribution in [0.25, 0.3) is 10.9 Å². The molecule has 14 heteroatoms. The molecule has 4 unspecified atom stereocenters. The summed E-state index contributed by atoms with van der Waals surface area (Å²) in [6.45, 7) is 0. The molecule has 228 valence electrons. The summed E-state index contributed by atoms with van der Waals surface area (Å²) in [5.41, 5.74) is 18.3. The first kappa shape index (κ1) is 32.3. The van der Waals surface area contributed by atoms with Crippen molar-refractivity contribution in [1.82, 2.24) is 20.9 Å². The minimum Gasteiger partial charge on any atom is -0.480 e. The maximum Gasteiger partial charge on any atom is 0.326 e. The monoisotopic (exact) mass is 593 g/mol. The molecule has 11 N–H and O–H groups in total. The highest BCUT2D eigenvalue weighted by Gasteiger charge is 2.31. The number of para-hydroxylation sites is 1. The summed E-state index contributed by atoms with van der Waals surface area (Å²) in [5.74, 6) is -5.36. The lowest BCUT2D eigenvalue weighted by Crippen LogP contribution is -2.58. The van der Waals surface area contributed by atoms with Gasteiger partial charge in [0.25, 0.3) is 0 Å². The summed E-state index contributed by atoms with van der Waals surface area (Å²) < 4.78 is 0. The summed E-state index contributed by atoms with van der Waals surface area (Å²) in [5, 5.41) is 17.9. The molecule has 1 aromatic heterocycles. The third-order valence-corrected chi connectivity index (χ3v) is 6.70. The minimum atomic E-state index is -1.38. The van der Waals surface area contributed by atoms with E-state index < -0.39 is 66.1 Å². The zero-order chi connectivity index (χ0) is 31.5. The van der Waals surface area contributed by atoms with Gasteiger partial charge in [-0.25, -0.2) is 4.79 Å². The van der Waals surface area contributed by atoms with E-state index in [2.05, 4.69) is 20.9 Å². The molecule has 1 heterocycles. The van der Waals surface area contributed by atoms with E-state index in [9.17, 15) is 33.9 Å². The van der Waals surface area contributed by atoms with Crippen molar-refractivity contribution in [3.63, 3.8) is 0 Å². The van der Waals surface area contributed by atoms with Crippen LogP contribution in [0.2, 0.25) is 0 Å². The molecule has 0 aliphatic rings. The largest absolute Gasteiger partial charge is 0.480 e. The lowest BCUT2D eigenvalue weighted by Gasteiger charge is -2.25. The number of primary amides is 2. The predicted molar refractivity (Wildman–Crippen MR) is 156 cm³/mol. The molecule has 4 atom stereocenters. The van der Waals surface area contributed by atoms with Gasteiger partial charge in [0.15, 0.2) is 0 Å². The maximum absolute atomic E-state index is 13.6. The van der Waals surface area contributed by atoms with E-state index in [1.54, 1.807) is 42.6 Å². The van der Waals surface area contributed by atoms with Crippen LogP contribution < -0.4 is 33.2 Å². The molecule has 14 nitrogen and oxygen atoms in total. The van der Waals surface area contributed by atoms with Gasteiger partial charge in [-0.05, 0) is 23.6 Å². The molecule has 0 aliphatic heterocycles. The Hall–Kier alpha value is -5.24. The van der Waals surface area contributed by atoms with E-state index in [4.69, 9.17) is 17.2 Å². The van der Waals surface area contributed by atoms with Crippen molar-refractivity contribution in [3.8, 4) is 0 Å². The Morgan fingerprint density at radius 1 is 0.744 bits per heavy atom. The summed E-state index contributed by atoms with van der Waals surface area (Å²) in [6.07, 6.45) is 0.598. The molecule has 0 aliphatic carbocycles. The highest BCUT2D eigenvalue weighted by Crippen LogP contribution is 2.19. The number of carboxylic acids is 1. The predicted octanol–water partition coefficient (Wildman–Crippen LogP) is -1.04. The van der Waals surface area contributed by atoms with E-state index in [1.807, 2.05) is 18.2 Å². The number of hydrogen-bond donors (Lipinski definition) is 8. The quantitative estimate of drug-likeness (QED) is 0.102. The molecule has 3 aromatic rings. The number of aromatic nitrogens is 1. The van der Waals surface area contributed by atoms with Crippen LogP contribution in [0.3, 0.4) is 0 Å². The molecule has 0 fully saturated rings. The fourth-order valence-electron chi connectivity index (χ4n) is 4.47. The smallest absolute Gasteiger partial charge is 0.326 e. The van der Waals surface area contributed by atoms with Gasteiger partial charge >= 0.3 is 5.97 Å². The Kier molecular flexibility index (Phi) is 11.3. The number of aromatic amines is 1. The Morgan fingerprint density at radius 2 is 1.35 bits per heavy atom. The molecule has 3 rings (SSSR count). The summed E-state index contributed by atoms with van der Waals surface area (Å²) >= 11 is 0. The molecule has 0 bridgehead atoms. The van der Waals surface area contributed by atoms with Gasteiger partial charge in [0.05, 0.1) is 12.5 Å². The van der Waals surface area contributed by atoms with Crippen molar-refractivity contribution in [2.45, 2.75) is 56.3 Å². The standard InChI is InChI=1S/C29H35N7O7/c30-19(14-25(32)38)26(39)35-22(13-17-15-33-20-9-5-4-8-18(17)20)28(41)34-21(10-11-24(31)37)27(40)36-23(29(42)43)12-16-6-2-1-3-7-16/h1-9,15,19,21-23,33H,10-14,30H2,(H2,31,37)(H2,32,38)(H,34,41)(H,35,39)(H,36,40)(H,42,43). The fourth-order valence-corrected chi connectivity index (χ4v) is 4.47. The Bertz CT molecular complexity index is 1470. The first-order valence-electron chi connectivity index (χ1n) is 13.5. The molecule has 5 amide bonds. The number of fused-ring (bicyclic) bond motifs is 1. The van der Waals surface area contributed by atoms with Crippen molar-refractivity contribution in [1.29, 1.82) is 0 Å². The summed E-state index contributed by atoms with van der Waals surface area (Å²) in [7, 11) is 0. The number of rotatable bonds is 16. The zero-order valence-electron chi connectivity index (χ0n) is 23.2. The zero-order valence-corrected chi connectivity index (χ0v) is 23.2. The van der Waals surface area contributed by atoms with Gasteiger partial charge in [-0.1, -0.05) is 48.5 Å². The van der Waals surface area contributed by atoms with Crippen LogP contribution in [0, 0.1) is 0 Å². The Balaban J connectivity index is 1.84. The number of nitrogens with two attached hydrogens (primary N) is 3. The van der Waals surface area contributed by atoms with E-state index >= 15 is 0 Å². The number of carboxylic acid groups (broad SMARTS) is 1. The van der Waals surface area contributed by atoms with Gasteiger partial charge in [0, 0.05) is 36.4 Å². The number of benzene rings is 2. The lowest BCUT2D eigenvalue weighted by atomic mass is 10.0. The van der Waals surface area contributed by atoms with E-state index in [0.29, 0.717) is 11.1 Å². The fraction of sp³-hybridized carbons (Fsp3) is 0.310. The molecule has 0 saturated carbocycles. The van der Waals surface area contributed by atoms with E-state index in [0.717, 1.165) is 10.9 Å². The second-order valence-electron chi connectivity index (χ2n) is 10.1. The lowest BCUT2D eigenvalue weighted by molar-refractivity contribution is -0.142. The number of amides is 5. The average molecular weight is 594 g/mol. The SMILES string of the molecule is NC(=O)CCC(NC(=O)C(Cc1c[nH]c2ccccc12)NC(=O)C(N)CC(N)=O)C(=O)NC(Cc1ccccc1)C(=O)O. The first-order chi connectivity index (χ1) is 20.4. The number of carbonyl (C=O) groups excluding carboxylic acids is 5. The minimum absolute atomic E-state index is 0.0323. The number of aliphatic carboxylic acids is 1. The van der Waals surface area contributed by atoms with Gasteiger partial charge < -0.3 is 43.2 Å². The molecule has 2 aromatic carbocycles. The molecular weight excluding hydrogens is 558 g/mol. The van der Waals surface area contributed by atoms with Crippen LogP contribution in [-0.4, -0.2) is 69.8 Å². The highest BCUT2D eigenvalue weighted by atomic mass is 16.4. The number of hydrogen-bond acceptors (Lipinski definition) is 7. The average Bonchev–Trinajstić information content (AvgIpc) is 3.37. The highest BCUT2D eigenvalue weighted by molar-refractivity contribution is 5.96. The van der Waals surface area contributed by atoms with Crippen molar-refractivity contribution in [2.24, 2.45) is 17.2 Å². The van der Waals surface area contributed by atoms with E-state index in [-0.39, 0.29) is 25.7 Å². The summed E-state index contributed by atoms with van der Waals surface area (Å²) in [4.78, 5) is 77.4. The van der Waals surface area contributed by atoms with Gasteiger partial charge in [-0.15, -0.1) is 0 Å². The van der Waals surface area contributed by atoms with Crippen LogP contribution in [-0.2, 0) is 41.6 Å². The summed E-state index contributed by atoms with van der Waals surface area (Å²) in [6, 6.07) is 10.6. The van der Waals surface area contributed by atoms with Crippen molar-refractivity contribution in [3.05, 3.63) is 71.9 Å². The van der Waals surface area contributed by atoms with Gasteiger partial charge in [-0.3, -0.25) is 24.0 Å². The number of H-pyrrole nitrogens is 1. The molecule has 43 heavy (non-hydrogen) atoms. The van der Waals surface area contributed by atoms with Crippen molar-refractivity contribution < 1.29 is 33.9 Å². The van der Waals surface area contributed by atoms with Crippen LogP contribution in [0.1, 0.15) is 30.4 Å². The van der Waals surface area contributed by atoms with Crippen molar-refractivity contribution in [2.75, 3.05) is 0 Å². The number of nitrogens with one attached hydrogen (secondary N) is 4. The van der Waals surface area contributed by atoms with E-state index in [1.165, 1.54) is 0 Å². The van der Waals surface area contributed by atoms with Crippen LogP contribution in [0.5, 0.6) is 0 Å². The Labute approximate surface area is 246 Å². The second kappa shape index (κ2) is 15.1. The molecule has 0 spiro atoms. The normalized spacial score (nSPS) is 13.7. The third-order valence-electron chi connectivity index (χ3n) is 6.70. The molecule has 0 saturated heterocycles. The Morgan fingerprint density at radius 3 is 2.00 bits per heavy atom. The first-order valence-corrected chi connectivity index (χ1v) is 13.5. The molecular formula is C29H35N7O7. The number of carbonyl (C=O) groups is 6. The van der Waals surface area contributed by atoms with Crippen LogP contribution >= 0.6 is 0 Å².